The summed E-state index contributed by atoms with van der Waals surface area (Å²) in [6.07, 6.45) is 1.94. The molecule has 1 aromatic heterocycles. The topological polar surface area (TPSA) is 16.1 Å². The zero-order valence-corrected chi connectivity index (χ0v) is 9.20. The van der Waals surface area contributed by atoms with Crippen molar-refractivity contribution in [2.75, 3.05) is 18.0 Å². The maximum Gasteiger partial charge on any atom is 0.128 e. The lowest BCUT2D eigenvalue weighted by Crippen LogP contribution is -2.49. The van der Waals surface area contributed by atoms with Gasteiger partial charge in [-0.15, -0.1) is 0 Å². The van der Waals surface area contributed by atoms with E-state index in [1.54, 1.807) is 0 Å². The van der Waals surface area contributed by atoms with Crippen molar-refractivity contribution in [2.24, 2.45) is 11.8 Å². The molecule has 0 atom stereocenters. The molecule has 1 aliphatic heterocycles. The molecule has 0 spiro atoms. The van der Waals surface area contributed by atoms with Crippen LogP contribution in [0.1, 0.15) is 19.4 Å². The van der Waals surface area contributed by atoms with Gasteiger partial charge in [-0.25, -0.2) is 4.98 Å². The van der Waals surface area contributed by atoms with E-state index in [1.165, 1.54) is 18.7 Å². The van der Waals surface area contributed by atoms with Crippen LogP contribution in [0, 0.1) is 18.8 Å². The van der Waals surface area contributed by atoms with Gasteiger partial charge >= 0.3 is 0 Å². The molecule has 0 aromatic carbocycles. The van der Waals surface area contributed by atoms with E-state index in [0.717, 1.165) is 17.7 Å². The predicted octanol–water partition coefficient (Wildman–Crippen LogP) is 2.48. The summed E-state index contributed by atoms with van der Waals surface area (Å²) in [6, 6.07) is 4.25. The number of pyridine rings is 1. The average Bonchev–Trinajstić information content (AvgIpc) is 2.05. The van der Waals surface area contributed by atoms with Gasteiger partial charge in [0.1, 0.15) is 5.82 Å². The first kappa shape index (κ1) is 9.50. The van der Waals surface area contributed by atoms with Gasteiger partial charge in [0.05, 0.1) is 0 Å². The van der Waals surface area contributed by atoms with Crippen molar-refractivity contribution in [3.63, 3.8) is 0 Å². The largest absolute Gasteiger partial charge is 0.356 e. The van der Waals surface area contributed by atoms with Crippen LogP contribution in [0.15, 0.2) is 18.3 Å². The highest BCUT2D eigenvalue weighted by atomic mass is 15.2. The molecule has 1 aromatic rings. The van der Waals surface area contributed by atoms with Gasteiger partial charge in [-0.3, -0.25) is 0 Å². The van der Waals surface area contributed by atoms with E-state index in [0.29, 0.717) is 0 Å². The van der Waals surface area contributed by atoms with E-state index in [9.17, 15) is 0 Å². The number of nitrogens with zero attached hydrogens (tertiary/aromatic N) is 2. The Hall–Kier alpha value is -1.05. The lowest BCUT2D eigenvalue weighted by Gasteiger charge is -2.42. The second kappa shape index (κ2) is 3.60. The minimum absolute atomic E-state index is 0.802. The molecule has 2 rings (SSSR count). The number of hydrogen-bond acceptors (Lipinski definition) is 2. The quantitative estimate of drug-likeness (QED) is 0.712. The Morgan fingerprint density at radius 2 is 2.07 bits per heavy atom. The van der Waals surface area contributed by atoms with Crippen LogP contribution >= 0.6 is 0 Å². The van der Waals surface area contributed by atoms with Gasteiger partial charge in [-0.05, 0) is 30.4 Å². The van der Waals surface area contributed by atoms with Crippen LogP contribution in [-0.2, 0) is 0 Å². The predicted molar refractivity (Wildman–Crippen MR) is 59.5 cm³/mol. The molecule has 0 unspecified atom stereocenters. The Morgan fingerprint density at radius 1 is 1.36 bits per heavy atom. The molecule has 1 fully saturated rings. The van der Waals surface area contributed by atoms with Crippen molar-refractivity contribution in [1.29, 1.82) is 0 Å². The maximum absolute atomic E-state index is 4.42. The van der Waals surface area contributed by atoms with Gasteiger partial charge in [0.25, 0.3) is 0 Å². The zero-order valence-electron chi connectivity index (χ0n) is 9.20. The van der Waals surface area contributed by atoms with Gasteiger partial charge in [-0.1, -0.05) is 19.9 Å². The third-order valence-corrected chi connectivity index (χ3v) is 3.07. The lowest BCUT2D eigenvalue weighted by molar-refractivity contribution is 0.308. The zero-order chi connectivity index (χ0) is 10.1. The molecule has 14 heavy (non-hydrogen) atoms. The standard InChI is InChI=1S/C12H18N2/c1-9(2)11-7-14(8-11)12-5-4-10(3)6-13-12/h4-6,9,11H,7-8H2,1-3H3. The highest BCUT2D eigenvalue weighted by Gasteiger charge is 2.29. The van der Waals surface area contributed by atoms with Crippen LogP contribution in [0.2, 0.25) is 0 Å². The van der Waals surface area contributed by atoms with E-state index < -0.39 is 0 Å². The summed E-state index contributed by atoms with van der Waals surface area (Å²) in [4.78, 5) is 6.77. The molecule has 0 saturated carbocycles. The fraction of sp³-hybridized carbons (Fsp3) is 0.583. The third-order valence-electron chi connectivity index (χ3n) is 3.07. The number of aromatic nitrogens is 1. The highest BCUT2D eigenvalue weighted by Crippen LogP contribution is 2.27. The molecule has 0 N–H and O–H groups in total. The van der Waals surface area contributed by atoms with Crippen molar-refractivity contribution >= 4 is 5.82 Å². The molecular weight excluding hydrogens is 172 g/mol. The minimum atomic E-state index is 0.802. The highest BCUT2D eigenvalue weighted by molar-refractivity contribution is 5.42. The van der Waals surface area contributed by atoms with Crippen molar-refractivity contribution in [3.05, 3.63) is 23.9 Å². The lowest BCUT2D eigenvalue weighted by atomic mass is 9.88. The summed E-state index contributed by atoms with van der Waals surface area (Å²) >= 11 is 0. The van der Waals surface area contributed by atoms with Crippen molar-refractivity contribution < 1.29 is 0 Å². The SMILES string of the molecule is Cc1ccc(N2CC(C(C)C)C2)nc1. The van der Waals surface area contributed by atoms with E-state index in [-0.39, 0.29) is 0 Å². The Bertz CT molecular complexity index is 297. The Balaban J connectivity index is 1.96. The Morgan fingerprint density at radius 3 is 2.57 bits per heavy atom. The van der Waals surface area contributed by atoms with Crippen LogP contribution in [0.3, 0.4) is 0 Å². The summed E-state index contributed by atoms with van der Waals surface area (Å²) < 4.78 is 0. The first-order valence-electron chi connectivity index (χ1n) is 5.34. The molecule has 76 valence electrons. The smallest absolute Gasteiger partial charge is 0.128 e. The van der Waals surface area contributed by atoms with E-state index >= 15 is 0 Å². The van der Waals surface area contributed by atoms with E-state index in [2.05, 4.69) is 42.8 Å². The summed E-state index contributed by atoms with van der Waals surface area (Å²) in [6.45, 7) is 9.01. The molecule has 0 bridgehead atoms. The molecule has 1 aliphatic rings. The molecule has 0 radical (unpaired) electrons. The minimum Gasteiger partial charge on any atom is -0.356 e. The number of hydrogen-bond donors (Lipinski definition) is 0. The second-order valence-electron chi connectivity index (χ2n) is 4.60. The van der Waals surface area contributed by atoms with Gasteiger partial charge in [0.15, 0.2) is 0 Å². The van der Waals surface area contributed by atoms with Crippen molar-refractivity contribution in [3.8, 4) is 0 Å². The van der Waals surface area contributed by atoms with Gasteiger partial charge < -0.3 is 4.90 Å². The summed E-state index contributed by atoms with van der Waals surface area (Å²) in [5.74, 6) is 2.79. The first-order chi connectivity index (χ1) is 6.66. The molecule has 0 amide bonds. The van der Waals surface area contributed by atoms with Crippen LogP contribution < -0.4 is 4.90 Å². The van der Waals surface area contributed by atoms with Gasteiger partial charge in [-0.2, -0.15) is 0 Å². The van der Waals surface area contributed by atoms with Crippen LogP contribution in [0.5, 0.6) is 0 Å². The Kier molecular flexibility index (Phi) is 2.44. The summed E-state index contributed by atoms with van der Waals surface area (Å²) in [5.41, 5.74) is 1.23. The number of aryl methyl sites for hydroxylation is 1. The first-order valence-corrected chi connectivity index (χ1v) is 5.34. The van der Waals surface area contributed by atoms with Gasteiger partial charge in [0.2, 0.25) is 0 Å². The van der Waals surface area contributed by atoms with Gasteiger partial charge in [0, 0.05) is 19.3 Å². The molecule has 2 heterocycles. The third kappa shape index (κ3) is 1.74. The summed E-state index contributed by atoms with van der Waals surface area (Å²) in [5, 5.41) is 0. The normalized spacial score (nSPS) is 17.3. The van der Waals surface area contributed by atoms with E-state index in [4.69, 9.17) is 0 Å². The van der Waals surface area contributed by atoms with E-state index in [1.807, 2.05) is 6.20 Å². The van der Waals surface area contributed by atoms with Crippen LogP contribution in [0.25, 0.3) is 0 Å². The van der Waals surface area contributed by atoms with Crippen molar-refractivity contribution in [2.45, 2.75) is 20.8 Å². The Labute approximate surface area is 86.0 Å². The fourth-order valence-corrected chi connectivity index (χ4v) is 1.77. The summed E-state index contributed by atoms with van der Waals surface area (Å²) in [7, 11) is 0. The van der Waals surface area contributed by atoms with Crippen LogP contribution in [-0.4, -0.2) is 18.1 Å². The molecule has 1 saturated heterocycles. The van der Waals surface area contributed by atoms with Crippen LogP contribution in [0.4, 0.5) is 5.82 Å². The molecular formula is C12H18N2. The molecule has 0 aliphatic carbocycles. The van der Waals surface area contributed by atoms with Crippen molar-refractivity contribution in [1.82, 2.24) is 4.98 Å². The molecule has 2 heteroatoms. The average molecular weight is 190 g/mol. The second-order valence-corrected chi connectivity index (χ2v) is 4.60. The number of rotatable bonds is 2. The molecule has 2 nitrogen and oxygen atoms in total. The monoisotopic (exact) mass is 190 g/mol. The maximum atomic E-state index is 4.42. The fourth-order valence-electron chi connectivity index (χ4n) is 1.77. The number of anilines is 1.